The molecule has 0 aliphatic carbocycles. The van der Waals surface area contributed by atoms with Gasteiger partial charge < -0.3 is 5.32 Å². The third-order valence-corrected chi connectivity index (χ3v) is 5.92. The number of nitriles is 1. The van der Waals surface area contributed by atoms with E-state index in [2.05, 4.69) is 10.3 Å². The number of thioether (sulfide) groups is 1. The lowest BCUT2D eigenvalue weighted by molar-refractivity contribution is -0.113. The summed E-state index contributed by atoms with van der Waals surface area (Å²) in [6.07, 6.45) is 0. The molecular formula is C15H12N4O2S3. The average Bonchev–Trinajstić information content (AvgIpc) is 3.21. The minimum Gasteiger partial charge on any atom is -0.316 e. The van der Waals surface area contributed by atoms with Crippen molar-refractivity contribution in [3.05, 3.63) is 38.8 Å². The second-order valence-electron chi connectivity index (χ2n) is 4.69. The second-order valence-corrected chi connectivity index (χ2v) is 7.47. The van der Waals surface area contributed by atoms with Crippen LogP contribution in [0, 0.1) is 11.3 Å². The van der Waals surface area contributed by atoms with Gasteiger partial charge in [0.2, 0.25) is 5.91 Å². The van der Waals surface area contributed by atoms with E-state index in [0.29, 0.717) is 32.5 Å². The van der Waals surface area contributed by atoms with Crippen LogP contribution in [0.1, 0.15) is 12.5 Å². The van der Waals surface area contributed by atoms with Crippen LogP contribution in [0.15, 0.2) is 32.8 Å². The molecule has 0 aliphatic heterocycles. The van der Waals surface area contributed by atoms with Crippen LogP contribution in [0.3, 0.4) is 0 Å². The SMILES string of the molecule is CCn1c(SCC(=O)Nc2sccc2C#N)nc2ccsc2c1=O. The monoisotopic (exact) mass is 376 g/mol. The van der Waals surface area contributed by atoms with Crippen LogP contribution in [0.4, 0.5) is 5.00 Å². The van der Waals surface area contributed by atoms with Crippen LogP contribution >= 0.6 is 34.4 Å². The molecule has 3 aromatic heterocycles. The van der Waals surface area contributed by atoms with Gasteiger partial charge in [0, 0.05) is 6.54 Å². The van der Waals surface area contributed by atoms with E-state index in [1.165, 1.54) is 34.4 Å². The largest absolute Gasteiger partial charge is 0.316 e. The summed E-state index contributed by atoms with van der Waals surface area (Å²) in [6.45, 7) is 2.37. The molecule has 3 rings (SSSR count). The van der Waals surface area contributed by atoms with E-state index in [9.17, 15) is 9.59 Å². The number of nitrogens with zero attached hydrogens (tertiary/aromatic N) is 3. The van der Waals surface area contributed by atoms with Crippen molar-refractivity contribution in [2.45, 2.75) is 18.6 Å². The Morgan fingerprint density at radius 2 is 2.21 bits per heavy atom. The van der Waals surface area contributed by atoms with Crippen LogP contribution in [0.25, 0.3) is 10.2 Å². The molecule has 0 radical (unpaired) electrons. The number of hydrogen-bond donors (Lipinski definition) is 1. The highest BCUT2D eigenvalue weighted by atomic mass is 32.2. The molecule has 3 aromatic rings. The number of fused-ring (bicyclic) bond motifs is 1. The molecule has 0 bridgehead atoms. The van der Waals surface area contributed by atoms with E-state index in [0.717, 1.165) is 0 Å². The second kappa shape index (κ2) is 7.17. The van der Waals surface area contributed by atoms with E-state index < -0.39 is 0 Å². The summed E-state index contributed by atoms with van der Waals surface area (Å²) >= 11 is 3.89. The Morgan fingerprint density at radius 3 is 2.96 bits per heavy atom. The predicted octanol–water partition coefficient (Wildman–Crippen LogP) is 3.14. The highest BCUT2D eigenvalue weighted by molar-refractivity contribution is 7.99. The number of hydrogen-bond acceptors (Lipinski definition) is 7. The van der Waals surface area contributed by atoms with E-state index in [-0.39, 0.29) is 17.2 Å². The lowest BCUT2D eigenvalue weighted by Crippen LogP contribution is -2.22. The molecule has 24 heavy (non-hydrogen) atoms. The van der Waals surface area contributed by atoms with E-state index >= 15 is 0 Å². The zero-order chi connectivity index (χ0) is 17.1. The van der Waals surface area contributed by atoms with Crippen molar-refractivity contribution in [1.29, 1.82) is 5.26 Å². The van der Waals surface area contributed by atoms with Crippen LogP contribution in [0.5, 0.6) is 0 Å². The van der Waals surface area contributed by atoms with Gasteiger partial charge >= 0.3 is 0 Å². The molecule has 6 nitrogen and oxygen atoms in total. The fourth-order valence-electron chi connectivity index (χ4n) is 2.10. The predicted molar refractivity (Wildman–Crippen MR) is 97.9 cm³/mol. The molecule has 122 valence electrons. The standard InChI is InChI=1S/C15H12N4O2S3/c1-2-19-14(21)12-10(4-6-22-12)17-15(19)24-8-11(20)18-13-9(7-16)3-5-23-13/h3-6H,2,8H2,1H3,(H,18,20). The van der Waals surface area contributed by atoms with Gasteiger partial charge in [-0.1, -0.05) is 11.8 Å². The zero-order valence-corrected chi connectivity index (χ0v) is 15.1. The first-order valence-electron chi connectivity index (χ1n) is 7.02. The van der Waals surface area contributed by atoms with Crippen molar-refractivity contribution in [3.8, 4) is 6.07 Å². The molecule has 0 saturated carbocycles. The molecule has 9 heteroatoms. The quantitative estimate of drug-likeness (QED) is 0.546. The van der Waals surface area contributed by atoms with Gasteiger partial charge in [-0.15, -0.1) is 22.7 Å². The number of amides is 1. The maximum Gasteiger partial charge on any atom is 0.272 e. The summed E-state index contributed by atoms with van der Waals surface area (Å²) in [6, 6.07) is 5.49. The summed E-state index contributed by atoms with van der Waals surface area (Å²) in [5, 5.41) is 16.3. The minimum atomic E-state index is -0.235. The number of anilines is 1. The first-order chi connectivity index (χ1) is 11.6. The third-order valence-electron chi connectivity index (χ3n) is 3.22. The fraction of sp³-hybridized carbons (Fsp3) is 0.200. The van der Waals surface area contributed by atoms with Crippen molar-refractivity contribution >= 4 is 55.6 Å². The molecule has 0 aromatic carbocycles. The fourth-order valence-corrected chi connectivity index (χ4v) is 4.49. The van der Waals surface area contributed by atoms with Gasteiger partial charge in [0.1, 0.15) is 15.8 Å². The van der Waals surface area contributed by atoms with Crippen LogP contribution in [0.2, 0.25) is 0 Å². The Morgan fingerprint density at radius 1 is 1.42 bits per heavy atom. The van der Waals surface area contributed by atoms with Gasteiger partial charge in [0.25, 0.3) is 5.56 Å². The smallest absolute Gasteiger partial charge is 0.272 e. The Bertz CT molecular complexity index is 996. The van der Waals surface area contributed by atoms with Gasteiger partial charge in [-0.3, -0.25) is 14.2 Å². The number of aromatic nitrogens is 2. The van der Waals surface area contributed by atoms with Crippen molar-refractivity contribution in [3.63, 3.8) is 0 Å². The van der Waals surface area contributed by atoms with Gasteiger partial charge in [-0.05, 0) is 29.8 Å². The Hall–Kier alpha value is -2.15. The molecule has 0 atom stereocenters. The van der Waals surface area contributed by atoms with Crippen molar-refractivity contribution in [2.24, 2.45) is 0 Å². The number of carbonyl (C=O) groups is 1. The van der Waals surface area contributed by atoms with E-state index in [4.69, 9.17) is 5.26 Å². The molecule has 1 amide bonds. The molecule has 0 fully saturated rings. The van der Waals surface area contributed by atoms with Crippen molar-refractivity contribution in [1.82, 2.24) is 9.55 Å². The number of nitrogens with one attached hydrogen (secondary N) is 1. The number of carbonyl (C=O) groups excluding carboxylic acids is 1. The lowest BCUT2D eigenvalue weighted by Gasteiger charge is -2.09. The average molecular weight is 376 g/mol. The molecule has 1 N–H and O–H groups in total. The van der Waals surface area contributed by atoms with Gasteiger partial charge in [-0.2, -0.15) is 5.26 Å². The highest BCUT2D eigenvalue weighted by Crippen LogP contribution is 2.24. The van der Waals surface area contributed by atoms with Gasteiger partial charge in [0.15, 0.2) is 5.16 Å². The lowest BCUT2D eigenvalue weighted by atomic mass is 10.3. The molecule has 0 spiro atoms. The van der Waals surface area contributed by atoms with E-state index in [1.54, 1.807) is 22.1 Å². The summed E-state index contributed by atoms with van der Waals surface area (Å²) in [5.41, 5.74) is 1.02. The first-order valence-corrected chi connectivity index (χ1v) is 9.76. The third kappa shape index (κ3) is 3.21. The summed E-state index contributed by atoms with van der Waals surface area (Å²) in [4.78, 5) is 29.0. The van der Waals surface area contributed by atoms with Crippen LogP contribution in [-0.2, 0) is 11.3 Å². The normalized spacial score (nSPS) is 10.7. The Kier molecular flexibility index (Phi) is 4.99. The van der Waals surface area contributed by atoms with Crippen molar-refractivity contribution < 1.29 is 4.79 Å². The van der Waals surface area contributed by atoms with E-state index in [1.807, 2.05) is 18.4 Å². The summed E-state index contributed by atoms with van der Waals surface area (Å²) < 4.78 is 2.20. The zero-order valence-electron chi connectivity index (χ0n) is 12.6. The Balaban J connectivity index is 1.77. The highest BCUT2D eigenvalue weighted by Gasteiger charge is 2.14. The maximum atomic E-state index is 12.4. The van der Waals surface area contributed by atoms with Gasteiger partial charge in [0.05, 0.1) is 16.8 Å². The maximum absolute atomic E-state index is 12.4. The van der Waals surface area contributed by atoms with Crippen LogP contribution in [-0.4, -0.2) is 21.2 Å². The van der Waals surface area contributed by atoms with Gasteiger partial charge in [-0.25, -0.2) is 4.98 Å². The first kappa shape index (κ1) is 16.7. The van der Waals surface area contributed by atoms with Crippen molar-refractivity contribution in [2.75, 3.05) is 11.1 Å². The molecular weight excluding hydrogens is 364 g/mol. The number of thiophene rings is 2. The molecule has 0 unspecified atom stereocenters. The topological polar surface area (TPSA) is 87.8 Å². The molecule has 0 saturated heterocycles. The molecule has 0 aliphatic rings. The summed E-state index contributed by atoms with van der Waals surface area (Å²) in [5.74, 6) is -0.119. The molecule has 3 heterocycles. The Labute approximate surface area is 149 Å². The minimum absolute atomic E-state index is 0.0783. The summed E-state index contributed by atoms with van der Waals surface area (Å²) in [7, 11) is 0. The number of rotatable bonds is 5. The van der Waals surface area contributed by atoms with Crippen LogP contribution < -0.4 is 10.9 Å².